The first-order valence-electron chi connectivity index (χ1n) is 15.1. The molecule has 0 aromatic heterocycles. The molecule has 1 aliphatic rings. The van der Waals surface area contributed by atoms with Crippen molar-refractivity contribution in [2.24, 2.45) is 5.92 Å². The Morgan fingerprint density at radius 3 is 2.10 bits per heavy atom. The molecule has 3 atom stereocenters. The SMILES string of the molecule is CC(C)(C)NC(=O)[C@@H]1CN(C(=O)OC(C)(C)C)CCN1C[C@H](C[C@@H](Cc1ccccc1)C(=O)O)O[Si](C)(C)C(C)(C)C. The van der Waals surface area contributed by atoms with E-state index in [1.54, 1.807) is 4.90 Å². The fourth-order valence-electron chi connectivity index (χ4n) is 4.74. The second-order valence-electron chi connectivity index (χ2n) is 15.1. The predicted molar refractivity (Wildman–Crippen MR) is 169 cm³/mol. The standard InChI is InChI=1S/C32H55N3O6Si/c1-30(2,3)33-27(36)26-22-35(29(39)40-31(4,5)6)18-17-34(26)21-25(41-42(10,11)32(7,8)9)20-24(28(37)38)19-23-15-13-12-14-16-23/h12-16,24-26H,17-22H2,1-11H3,(H,33,36)(H,37,38)/t24-,25+,26+/m1/s1. The van der Waals surface area contributed by atoms with E-state index in [1.165, 1.54) is 0 Å². The summed E-state index contributed by atoms with van der Waals surface area (Å²) in [6.45, 7) is 23.4. The minimum atomic E-state index is -2.30. The molecule has 0 radical (unpaired) electrons. The second kappa shape index (κ2) is 13.9. The van der Waals surface area contributed by atoms with E-state index >= 15 is 0 Å². The van der Waals surface area contributed by atoms with E-state index in [0.717, 1.165) is 5.56 Å². The average molecular weight is 606 g/mol. The minimum Gasteiger partial charge on any atom is -0.481 e. The van der Waals surface area contributed by atoms with Crippen LogP contribution in [0.3, 0.4) is 0 Å². The van der Waals surface area contributed by atoms with Crippen molar-refractivity contribution >= 4 is 26.3 Å². The Hall–Kier alpha value is -2.43. The summed E-state index contributed by atoms with van der Waals surface area (Å²) < 4.78 is 12.5. The molecule has 2 N–H and O–H groups in total. The molecule has 1 aliphatic heterocycles. The molecule has 9 nitrogen and oxygen atoms in total. The zero-order valence-corrected chi connectivity index (χ0v) is 28.7. The number of nitrogens with zero attached hydrogens (tertiary/aromatic N) is 2. The molecule has 0 aliphatic carbocycles. The molecule has 42 heavy (non-hydrogen) atoms. The number of ether oxygens (including phenoxy) is 1. The van der Waals surface area contributed by atoms with Gasteiger partial charge in [0.1, 0.15) is 11.6 Å². The lowest BCUT2D eigenvalue weighted by molar-refractivity contribution is -0.143. The molecule has 1 aromatic rings. The molecule has 0 saturated carbocycles. The molecule has 0 spiro atoms. The van der Waals surface area contributed by atoms with Gasteiger partial charge in [0, 0.05) is 31.7 Å². The summed E-state index contributed by atoms with van der Waals surface area (Å²) in [5.74, 6) is -1.69. The normalized spacial score (nSPS) is 18.7. The summed E-state index contributed by atoms with van der Waals surface area (Å²) in [5, 5.41) is 13.2. The maximum atomic E-state index is 13.6. The van der Waals surface area contributed by atoms with Crippen LogP contribution in [0.15, 0.2) is 30.3 Å². The smallest absolute Gasteiger partial charge is 0.410 e. The predicted octanol–water partition coefficient (Wildman–Crippen LogP) is 5.55. The Balaban J connectivity index is 2.39. The molecule has 10 heteroatoms. The highest BCUT2D eigenvalue weighted by atomic mass is 28.4. The number of rotatable bonds is 10. The number of piperazine rings is 1. The average Bonchev–Trinajstić information content (AvgIpc) is 2.81. The van der Waals surface area contributed by atoms with Crippen LogP contribution in [-0.2, 0) is 25.2 Å². The highest BCUT2D eigenvalue weighted by Gasteiger charge is 2.43. The van der Waals surface area contributed by atoms with Crippen molar-refractivity contribution in [2.75, 3.05) is 26.2 Å². The third-order valence-corrected chi connectivity index (χ3v) is 12.4. The number of amides is 2. The topological polar surface area (TPSA) is 108 Å². The molecule has 0 unspecified atom stereocenters. The van der Waals surface area contributed by atoms with Crippen LogP contribution < -0.4 is 5.32 Å². The fourth-order valence-corrected chi connectivity index (χ4v) is 6.09. The minimum absolute atomic E-state index is 0.0815. The van der Waals surface area contributed by atoms with Gasteiger partial charge < -0.3 is 24.5 Å². The van der Waals surface area contributed by atoms with Crippen LogP contribution in [-0.4, -0.2) is 90.7 Å². The number of carbonyl (C=O) groups excluding carboxylic acids is 2. The first-order valence-corrected chi connectivity index (χ1v) is 18.0. The van der Waals surface area contributed by atoms with E-state index in [0.29, 0.717) is 32.5 Å². The van der Waals surface area contributed by atoms with Gasteiger partial charge in [0.2, 0.25) is 5.91 Å². The number of hydrogen-bond donors (Lipinski definition) is 2. The fraction of sp³-hybridized carbons (Fsp3) is 0.719. The maximum absolute atomic E-state index is 13.6. The summed E-state index contributed by atoms with van der Waals surface area (Å²) in [6, 6.07) is 9.02. The van der Waals surface area contributed by atoms with E-state index in [4.69, 9.17) is 9.16 Å². The Labute approximate surface area is 254 Å². The zero-order valence-electron chi connectivity index (χ0n) is 27.7. The highest BCUT2D eigenvalue weighted by molar-refractivity contribution is 6.74. The van der Waals surface area contributed by atoms with Crippen LogP contribution in [0, 0.1) is 5.92 Å². The Morgan fingerprint density at radius 1 is 1.00 bits per heavy atom. The summed E-state index contributed by atoms with van der Waals surface area (Å²) in [5.41, 5.74) is -0.147. The lowest BCUT2D eigenvalue weighted by atomic mass is 9.93. The maximum Gasteiger partial charge on any atom is 0.410 e. The van der Waals surface area contributed by atoms with Crippen molar-refractivity contribution < 1.29 is 28.7 Å². The molecular weight excluding hydrogens is 550 g/mol. The van der Waals surface area contributed by atoms with Gasteiger partial charge in [-0.1, -0.05) is 51.1 Å². The van der Waals surface area contributed by atoms with Gasteiger partial charge in [-0.3, -0.25) is 14.5 Å². The van der Waals surface area contributed by atoms with Gasteiger partial charge in [-0.15, -0.1) is 0 Å². The first-order chi connectivity index (χ1) is 19.1. The van der Waals surface area contributed by atoms with Crippen LogP contribution in [0.1, 0.15) is 74.3 Å². The molecule has 1 aromatic carbocycles. The van der Waals surface area contributed by atoms with Gasteiger partial charge in [-0.05, 0) is 78.1 Å². The molecule has 1 saturated heterocycles. The van der Waals surface area contributed by atoms with Crippen LogP contribution >= 0.6 is 0 Å². The van der Waals surface area contributed by atoms with Crippen molar-refractivity contribution in [3.63, 3.8) is 0 Å². The summed E-state index contributed by atoms with van der Waals surface area (Å²) >= 11 is 0. The van der Waals surface area contributed by atoms with Crippen LogP contribution in [0.5, 0.6) is 0 Å². The largest absolute Gasteiger partial charge is 0.481 e. The Bertz CT molecular complexity index is 1060. The van der Waals surface area contributed by atoms with Gasteiger partial charge in [-0.2, -0.15) is 0 Å². The van der Waals surface area contributed by atoms with Crippen LogP contribution in [0.25, 0.3) is 0 Å². The van der Waals surface area contributed by atoms with Crippen molar-refractivity contribution in [3.8, 4) is 0 Å². The molecule has 238 valence electrons. The number of carbonyl (C=O) groups is 3. The summed E-state index contributed by atoms with van der Waals surface area (Å²) in [4.78, 5) is 42.7. The highest BCUT2D eigenvalue weighted by Crippen LogP contribution is 2.38. The number of hydrogen-bond acceptors (Lipinski definition) is 6. The third-order valence-electron chi connectivity index (χ3n) is 7.87. The first kappa shape index (κ1) is 35.8. The van der Waals surface area contributed by atoms with Gasteiger partial charge in [0.25, 0.3) is 0 Å². The van der Waals surface area contributed by atoms with Gasteiger partial charge in [0.05, 0.1) is 12.0 Å². The van der Waals surface area contributed by atoms with Crippen molar-refractivity contribution in [1.82, 2.24) is 15.1 Å². The second-order valence-corrected chi connectivity index (χ2v) is 19.9. The van der Waals surface area contributed by atoms with Gasteiger partial charge in [-0.25, -0.2) is 4.79 Å². The van der Waals surface area contributed by atoms with E-state index in [9.17, 15) is 19.5 Å². The Kier molecular flexibility index (Phi) is 11.8. The number of benzene rings is 1. The van der Waals surface area contributed by atoms with Gasteiger partial charge >= 0.3 is 12.1 Å². The van der Waals surface area contributed by atoms with Crippen molar-refractivity contribution in [1.29, 1.82) is 0 Å². The molecule has 2 amide bonds. The molecule has 1 fully saturated rings. The number of carboxylic acid groups (broad SMARTS) is 1. The van der Waals surface area contributed by atoms with E-state index in [-0.39, 0.29) is 17.5 Å². The number of carboxylic acids is 1. The van der Waals surface area contributed by atoms with Crippen molar-refractivity contribution in [2.45, 2.75) is 117 Å². The lowest BCUT2D eigenvalue weighted by Gasteiger charge is -2.45. The lowest BCUT2D eigenvalue weighted by Crippen LogP contribution is -2.63. The van der Waals surface area contributed by atoms with E-state index in [1.807, 2.05) is 71.9 Å². The molecule has 2 rings (SSSR count). The quantitative estimate of drug-likeness (QED) is 0.337. The summed E-state index contributed by atoms with van der Waals surface area (Å²) in [6.07, 6.45) is -0.142. The third kappa shape index (κ3) is 11.3. The Morgan fingerprint density at radius 2 is 1.60 bits per heavy atom. The monoisotopic (exact) mass is 605 g/mol. The van der Waals surface area contributed by atoms with Crippen LogP contribution in [0.4, 0.5) is 4.79 Å². The molecular formula is C32H55N3O6Si. The van der Waals surface area contributed by atoms with Crippen molar-refractivity contribution in [3.05, 3.63) is 35.9 Å². The summed E-state index contributed by atoms with van der Waals surface area (Å²) in [7, 11) is -2.30. The number of aliphatic carboxylic acids is 1. The zero-order chi connectivity index (χ0) is 32.1. The van der Waals surface area contributed by atoms with E-state index < -0.39 is 49.6 Å². The van der Waals surface area contributed by atoms with Crippen LogP contribution in [0.2, 0.25) is 18.1 Å². The number of nitrogens with one attached hydrogen (secondary N) is 1. The molecule has 0 bridgehead atoms. The van der Waals surface area contributed by atoms with E-state index in [2.05, 4.69) is 44.1 Å². The van der Waals surface area contributed by atoms with Gasteiger partial charge in [0.15, 0.2) is 8.32 Å². The molecule has 1 heterocycles.